The lowest BCUT2D eigenvalue weighted by Crippen LogP contribution is -2.55. The molecule has 0 bridgehead atoms. The predicted molar refractivity (Wildman–Crippen MR) is 146 cm³/mol. The highest BCUT2D eigenvalue weighted by atomic mass is 35.5. The Morgan fingerprint density at radius 2 is 1.79 bits per heavy atom. The van der Waals surface area contributed by atoms with Gasteiger partial charge in [-0.15, -0.1) is 0 Å². The van der Waals surface area contributed by atoms with Gasteiger partial charge in [0.05, 0.1) is 15.7 Å². The van der Waals surface area contributed by atoms with Crippen molar-refractivity contribution in [2.75, 3.05) is 26.2 Å². The summed E-state index contributed by atoms with van der Waals surface area (Å²) >= 11 is 12.1. The van der Waals surface area contributed by atoms with Gasteiger partial charge in [0.1, 0.15) is 17.9 Å². The molecule has 10 heteroatoms. The second kappa shape index (κ2) is 11.8. The van der Waals surface area contributed by atoms with Gasteiger partial charge in [-0.1, -0.05) is 66.2 Å². The fourth-order valence-electron chi connectivity index (χ4n) is 4.28. The Morgan fingerprint density at radius 1 is 1.05 bits per heavy atom. The third-order valence-electron chi connectivity index (χ3n) is 6.20. The van der Waals surface area contributed by atoms with Crippen LogP contribution in [0.3, 0.4) is 0 Å². The maximum absolute atomic E-state index is 13.8. The van der Waals surface area contributed by atoms with Gasteiger partial charge in [-0.2, -0.15) is 0 Å². The standard InChI is InChI=1S/C28H26Cl2N4O4/c1-4-14-38-28(37)23-18(3)31-25(19-8-6-5-7-9-19)32-24(23)27(36)33-12-13-34(17(2)16-33)26(35)20-10-11-21(29)22(30)15-20/h4-11,15,17H,1,12-14,16H2,2-3H3. The molecular weight excluding hydrogens is 527 g/mol. The first-order chi connectivity index (χ1) is 18.2. The number of amides is 2. The molecule has 0 spiro atoms. The van der Waals surface area contributed by atoms with Crippen LogP contribution < -0.4 is 0 Å². The van der Waals surface area contributed by atoms with Crippen LogP contribution >= 0.6 is 23.2 Å². The molecule has 38 heavy (non-hydrogen) atoms. The number of aromatic nitrogens is 2. The second-order valence-electron chi connectivity index (χ2n) is 8.84. The van der Waals surface area contributed by atoms with Crippen molar-refractivity contribution >= 4 is 41.0 Å². The number of hydrogen-bond donors (Lipinski definition) is 0. The van der Waals surface area contributed by atoms with E-state index in [4.69, 9.17) is 27.9 Å². The molecule has 2 aromatic carbocycles. The zero-order chi connectivity index (χ0) is 27.4. The summed E-state index contributed by atoms with van der Waals surface area (Å²) in [7, 11) is 0. The number of rotatable bonds is 6. The molecule has 8 nitrogen and oxygen atoms in total. The summed E-state index contributed by atoms with van der Waals surface area (Å²) in [4.78, 5) is 52.1. The van der Waals surface area contributed by atoms with E-state index >= 15 is 0 Å². The molecule has 1 fully saturated rings. The van der Waals surface area contributed by atoms with E-state index < -0.39 is 11.9 Å². The Bertz CT molecular complexity index is 1400. The monoisotopic (exact) mass is 552 g/mol. The summed E-state index contributed by atoms with van der Waals surface area (Å²) in [5.41, 5.74) is 1.43. The first-order valence-corrected chi connectivity index (χ1v) is 12.7. The first kappa shape index (κ1) is 27.3. The number of piperazine rings is 1. The van der Waals surface area contributed by atoms with Crippen LogP contribution in [-0.4, -0.2) is 69.8 Å². The second-order valence-corrected chi connectivity index (χ2v) is 9.65. The number of halogens is 2. The molecule has 4 rings (SSSR count). The molecule has 1 unspecified atom stereocenters. The molecule has 2 heterocycles. The number of aryl methyl sites for hydroxylation is 1. The van der Waals surface area contributed by atoms with Gasteiger partial charge in [-0.05, 0) is 32.0 Å². The summed E-state index contributed by atoms with van der Waals surface area (Å²) in [6.45, 7) is 7.84. The van der Waals surface area contributed by atoms with Gasteiger partial charge in [-0.25, -0.2) is 14.8 Å². The van der Waals surface area contributed by atoms with E-state index in [2.05, 4.69) is 16.5 Å². The number of benzene rings is 2. The fraction of sp³-hybridized carbons (Fsp3) is 0.250. The van der Waals surface area contributed by atoms with Crippen LogP contribution in [0.4, 0.5) is 0 Å². The van der Waals surface area contributed by atoms with Crippen LogP contribution in [0.25, 0.3) is 11.4 Å². The predicted octanol–water partition coefficient (Wildman–Crippen LogP) is 5.09. The minimum Gasteiger partial charge on any atom is -0.458 e. The van der Waals surface area contributed by atoms with Crippen molar-refractivity contribution in [1.29, 1.82) is 0 Å². The molecule has 1 aliphatic rings. The van der Waals surface area contributed by atoms with Crippen molar-refractivity contribution in [3.8, 4) is 11.4 Å². The normalized spacial score (nSPS) is 15.2. The quantitative estimate of drug-likeness (QED) is 0.312. The van der Waals surface area contributed by atoms with Gasteiger partial charge >= 0.3 is 5.97 Å². The van der Waals surface area contributed by atoms with Gasteiger partial charge in [0.15, 0.2) is 5.82 Å². The summed E-state index contributed by atoms with van der Waals surface area (Å²) in [5, 5.41) is 0.660. The maximum Gasteiger partial charge on any atom is 0.342 e. The summed E-state index contributed by atoms with van der Waals surface area (Å²) in [5.74, 6) is -1.02. The van der Waals surface area contributed by atoms with E-state index in [1.54, 1.807) is 28.9 Å². The molecule has 0 aliphatic carbocycles. The van der Waals surface area contributed by atoms with Crippen LogP contribution in [0, 0.1) is 6.92 Å². The smallest absolute Gasteiger partial charge is 0.342 e. The van der Waals surface area contributed by atoms with Gasteiger partial charge < -0.3 is 14.5 Å². The largest absolute Gasteiger partial charge is 0.458 e. The van der Waals surface area contributed by atoms with Crippen molar-refractivity contribution < 1.29 is 19.1 Å². The Morgan fingerprint density at radius 3 is 2.45 bits per heavy atom. The van der Waals surface area contributed by atoms with Gasteiger partial charge in [-0.3, -0.25) is 9.59 Å². The Labute approximate surface area is 230 Å². The van der Waals surface area contributed by atoms with Crippen LogP contribution in [0.5, 0.6) is 0 Å². The highest BCUT2D eigenvalue weighted by molar-refractivity contribution is 6.42. The summed E-state index contributed by atoms with van der Waals surface area (Å²) < 4.78 is 5.24. The molecule has 0 N–H and O–H groups in total. The highest BCUT2D eigenvalue weighted by Gasteiger charge is 2.34. The minimum absolute atomic E-state index is 0.0125. The van der Waals surface area contributed by atoms with Crippen molar-refractivity contribution in [2.45, 2.75) is 19.9 Å². The molecule has 3 aromatic rings. The lowest BCUT2D eigenvalue weighted by atomic mass is 10.1. The average molecular weight is 553 g/mol. The third-order valence-corrected chi connectivity index (χ3v) is 6.94. The average Bonchev–Trinajstić information content (AvgIpc) is 2.92. The Balaban J connectivity index is 1.62. The molecule has 0 saturated carbocycles. The van der Waals surface area contributed by atoms with Crippen molar-refractivity contribution in [3.63, 3.8) is 0 Å². The Kier molecular flexibility index (Phi) is 8.44. The molecule has 196 valence electrons. The lowest BCUT2D eigenvalue weighted by molar-refractivity contribution is 0.0407. The van der Waals surface area contributed by atoms with E-state index in [0.717, 1.165) is 0 Å². The molecule has 2 amide bonds. The number of hydrogen-bond acceptors (Lipinski definition) is 6. The zero-order valence-electron chi connectivity index (χ0n) is 21.0. The molecule has 0 radical (unpaired) electrons. The molecule has 1 aliphatic heterocycles. The SMILES string of the molecule is C=CCOC(=O)c1c(C)nc(-c2ccccc2)nc1C(=O)N1CCN(C(=O)c2ccc(Cl)c(Cl)c2)C(C)C1. The first-order valence-electron chi connectivity index (χ1n) is 12.0. The highest BCUT2D eigenvalue weighted by Crippen LogP contribution is 2.26. The van der Waals surface area contributed by atoms with E-state index in [9.17, 15) is 14.4 Å². The van der Waals surface area contributed by atoms with E-state index in [0.29, 0.717) is 32.7 Å². The number of nitrogens with zero attached hydrogens (tertiary/aromatic N) is 4. The summed E-state index contributed by atoms with van der Waals surface area (Å²) in [6, 6.07) is 13.6. The third kappa shape index (κ3) is 5.71. The van der Waals surface area contributed by atoms with E-state index in [-0.39, 0.29) is 49.4 Å². The van der Waals surface area contributed by atoms with Gasteiger partial charge in [0.25, 0.3) is 11.8 Å². The van der Waals surface area contributed by atoms with Crippen LogP contribution in [0.15, 0.2) is 61.2 Å². The fourth-order valence-corrected chi connectivity index (χ4v) is 4.58. The van der Waals surface area contributed by atoms with Crippen molar-refractivity contribution in [1.82, 2.24) is 19.8 Å². The number of carbonyl (C=O) groups excluding carboxylic acids is 3. The maximum atomic E-state index is 13.8. The molecular formula is C28H26Cl2N4O4. The van der Waals surface area contributed by atoms with Gasteiger partial charge in [0.2, 0.25) is 0 Å². The van der Waals surface area contributed by atoms with Crippen molar-refractivity contribution in [2.24, 2.45) is 0 Å². The number of ether oxygens (including phenoxy) is 1. The number of carbonyl (C=O) groups is 3. The Hall–Kier alpha value is -3.75. The minimum atomic E-state index is -0.702. The zero-order valence-corrected chi connectivity index (χ0v) is 22.5. The molecule has 1 saturated heterocycles. The van der Waals surface area contributed by atoms with E-state index in [1.807, 2.05) is 37.3 Å². The summed E-state index contributed by atoms with van der Waals surface area (Å²) in [6.07, 6.45) is 1.44. The number of esters is 1. The van der Waals surface area contributed by atoms with E-state index in [1.165, 1.54) is 12.1 Å². The topological polar surface area (TPSA) is 92.7 Å². The van der Waals surface area contributed by atoms with Crippen molar-refractivity contribution in [3.05, 3.63) is 93.7 Å². The van der Waals surface area contributed by atoms with Crippen LogP contribution in [0.2, 0.25) is 10.0 Å². The van der Waals surface area contributed by atoms with Crippen LogP contribution in [0.1, 0.15) is 43.8 Å². The van der Waals surface area contributed by atoms with Gasteiger partial charge in [0, 0.05) is 36.8 Å². The molecule has 1 atom stereocenters. The lowest BCUT2D eigenvalue weighted by Gasteiger charge is -2.40. The van der Waals surface area contributed by atoms with Crippen LogP contribution in [-0.2, 0) is 4.74 Å². The molecule has 1 aromatic heterocycles.